The number of carbonyl (C=O) groups is 1. The molecule has 0 aromatic rings. The molecule has 3 fully saturated rings. The Morgan fingerprint density at radius 1 is 1.20 bits per heavy atom. The first-order valence-corrected chi connectivity index (χ1v) is 6.47. The van der Waals surface area contributed by atoms with Crippen molar-refractivity contribution in [3.63, 3.8) is 0 Å². The maximum atomic E-state index is 12.0. The maximum Gasteiger partial charge on any atom is 0.161 e. The Kier molecular flexibility index (Phi) is 2.55. The standard InChI is InChI=1S/C13H20O2/c14-12(13-2-1-5-15-13)8-11-7-9-3-4-10(11)6-9/h9-11,13H,1-8H2. The van der Waals surface area contributed by atoms with Gasteiger partial charge in [-0.15, -0.1) is 0 Å². The van der Waals surface area contributed by atoms with E-state index in [9.17, 15) is 4.79 Å². The molecule has 2 saturated carbocycles. The molecule has 2 heteroatoms. The molecule has 84 valence electrons. The number of ether oxygens (including phenoxy) is 1. The summed E-state index contributed by atoms with van der Waals surface area (Å²) in [6.07, 6.45) is 8.36. The van der Waals surface area contributed by atoms with Crippen LogP contribution in [0.3, 0.4) is 0 Å². The Hall–Kier alpha value is -0.370. The quantitative estimate of drug-likeness (QED) is 0.712. The van der Waals surface area contributed by atoms with E-state index < -0.39 is 0 Å². The SMILES string of the molecule is O=C(CC1CC2CCC1C2)C1CCCO1. The van der Waals surface area contributed by atoms with Crippen LogP contribution >= 0.6 is 0 Å². The molecule has 4 unspecified atom stereocenters. The van der Waals surface area contributed by atoms with E-state index in [1.807, 2.05) is 0 Å². The molecule has 1 heterocycles. The van der Waals surface area contributed by atoms with Crippen LogP contribution in [0.5, 0.6) is 0 Å². The number of hydrogen-bond donors (Lipinski definition) is 0. The van der Waals surface area contributed by atoms with Crippen molar-refractivity contribution in [2.24, 2.45) is 17.8 Å². The van der Waals surface area contributed by atoms with Crippen molar-refractivity contribution in [3.05, 3.63) is 0 Å². The van der Waals surface area contributed by atoms with Crippen molar-refractivity contribution in [2.75, 3.05) is 6.61 Å². The topological polar surface area (TPSA) is 26.3 Å². The van der Waals surface area contributed by atoms with Gasteiger partial charge >= 0.3 is 0 Å². The van der Waals surface area contributed by atoms with Gasteiger partial charge in [0.2, 0.25) is 0 Å². The summed E-state index contributed by atoms with van der Waals surface area (Å²) in [5.74, 6) is 2.93. The molecule has 15 heavy (non-hydrogen) atoms. The predicted octanol–water partition coefficient (Wildman–Crippen LogP) is 2.56. The zero-order chi connectivity index (χ0) is 10.3. The van der Waals surface area contributed by atoms with Crippen LogP contribution < -0.4 is 0 Å². The maximum absolute atomic E-state index is 12.0. The van der Waals surface area contributed by atoms with E-state index in [1.54, 1.807) is 0 Å². The molecule has 2 bridgehead atoms. The minimum atomic E-state index is -0.0378. The molecule has 3 aliphatic rings. The Labute approximate surface area is 91.4 Å². The summed E-state index contributed by atoms with van der Waals surface area (Å²) < 4.78 is 5.46. The smallest absolute Gasteiger partial charge is 0.161 e. The number of carbonyl (C=O) groups excluding carboxylic acids is 1. The van der Waals surface area contributed by atoms with Crippen LogP contribution in [0.15, 0.2) is 0 Å². The molecule has 0 N–H and O–H groups in total. The lowest BCUT2D eigenvalue weighted by Gasteiger charge is -2.21. The molecule has 0 radical (unpaired) electrons. The minimum absolute atomic E-state index is 0.0378. The van der Waals surface area contributed by atoms with E-state index >= 15 is 0 Å². The van der Waals surface area contributed by atoms with Gasteiger partial charge < -0.3 is 4.74 Å². The van der Waals surface area contributed by atoms with E-state index in [2.05, 4.69) is 0 Å². The number of ketones is 1. The molecule has 3 rings (SSSR count). The Bertz CT molecular complexity index is 255. The Morgan fingerprint density at radius 2 is 2.13 bits per heavy atom. The van der Waals surface area contributed by atoms with Crippen molar-refractivity contribution >= 4 is 5.78 Å². The van der Waals surface area contributed by atoms with E-state index in [1.165, 1.54) is 25.7 Å². The monoisotopic (exact) mass is 208 g/mol. The fraction of sp³-hybridized carbons (Fsp3) is 0.923. The highest BCUT2D eigenvalue weighted by Crippen LogP contribution is 2.49. The van der Waals surface area contributed by atoms with Crippen LogP contribution in [-0.4, -0.2) is 18.5 Å². The van der Waals surface area contributed by atoms with Crippen molar-refractivity contribution in [1.29, 1.82) is 0 Å². The average Bonchev–Trinajstić information content (AvgIpc) is 2.95. The van der Waals surface area contributed by atoms with Gasteiger partial charge in [-0.1, -0.05) is 6.42 Å². The number of hydrogen-bond acceptors (Lipinski definition) is 2. The highest BCUT2D eigenvalue weighted by atomic mass is 16.5. The lowest BCUT2D eigenvalue weighted by molar-refractivity contribution is -0.129. The van der Waals surface area contributed by atoms with Gasteiger partial charge in [-0.2, -0.15) is 0 Å². The average molecular weight is 208 g/mol. The molecule has 1 saturated heterocycles. The molecular formula is C13H20O2. The molecule has 2 aliphatic carbocycles. The third-order valence-electron chi connectivity index (χ3n) is 4.64. The van der Waals surface area contributed by atoms with Crippen LogP contribution in [-0.2, 0) is 9.53 Å². The van der Waals surface area contributed by atoms with Gasteiger partial charge in [0, 0.05) is 13.0 Å². The van der Waals surface area contributed by atoms with Crippen LogP contribution in [0.1, 0.15) is 44.9 Å². The number of Topliss-reactive ketones (excluding diaryl/α,β-unsaturated/α-hetero) is 1. The summed E-state index contributed by atoms with van der Waals surface area (Å²) in [5.41, 5.74) is 0. The van der Waals surface area contributed by atoms with Crippen molar-refractivity contribution < 1.29 is 9.53 Å². The third-order valence-corrected chi connectivity index (χ3v) is 4.64. The lowest BCUT2D eigenvalue weighted by atomic mass is 9.84. The first kappa shape index (κ1) is 9.83. The third kappa shape index (κ3) is 1.84. The summed E-state index contributed by atoms with van der Waals surface area (Å²) in [5, 5.41) is 0. The highest BCUT2D eigenvalue weighted by Gasteiger charge is 2.41. The van der Waals surface area contributed by atoms with E-state index in [-0.39, 0.29) is 6.10 Å². The van der Waals surface area contributed by atoms with Crippen LogP contribution in [0.4, 0.5) is 0 Å². The van der Waals surface area contributed by atoms with Crippen molar-refractivity contribution in [1.82, 2.24) is 0 Å². The molecule has 0 amide bonds. The van der Waals surface area contributed by atoms with Gasteiger partial charge in [-0.05, 0) is 49.9 Å². The molecule has 0 spiro atoms. The van der Waals surface area contributed by atoms with Gasteiger partial charge in [-0.3, -0.25) is 4.79 Å². The van der Waals surface area contributed by atoms with Crippen LogP contribution in [0.2, 0.25) is 0 Å². The molecule has 2 nitrogen and oxygen atoms in total. The predicted molar refractivity (Wildman–Crippen MR) is 57.5 cm³/mol. The van der Waals surface area contributed by atoms with Gasteiger partial charge in [0.1, 0.15) is 6.10 Å². The normalized spacial score (nSPS) is 43.7. The van der Waals surface area contributed by atoms with Crippen LogP contribution in [0.25, 0.3) is 0 Å². The molecule has 0 aromatic heterocycles. The summed E-state index contributed by atoms with van der Waals surface area (Å²) in [7, 11) is 0. The summed E-state index contributed by atoms with van der Waals surface area (Å²) in [4.78, 5) is 12.0. The van der Waals surface area contributed by atoms with E-state index in [0.717, 1.165) is 37.7 Å². The number of rotatable bonds is 3. The Balaban J connectivity index is 1.54. The summed E-state index contributed by atoms with van der Waals surface area (Å²) >= 11 is 0. The summed E-state index contributed by atoms with van der Waals surface area (Å²) in [6, 6.07) is 0. The van der Waals surface area contributed by atoms with E-state index in [0.29, 0.717) is 11.7 Å². The fourth-order valence-electron chi connectivity index (χ4n) is 3.85. The van der Waals surface area contributed by atoms with Gasteiger partial charge in [-0.25, -0.2) is 0 Å². The van der Waals surface area contributed by atoms with Gasteiger partial charge in [0.15, 0.2) is 5.78 Å². The van der Waals surface area contributed by atoms with Gasteiger partial charge in [0.25, 0.3) is 0 Å². The van der Waals surface area contributed by atoms with Crippen molar-refractivity contribution in [3.8, 4) is 0 Å². The molecule has 0 aromatic carbocycles. The zero-order valence-electron chi connectivity index (χ0n) is 9.28. The molecule has 1 aliphatic heterocycles. The van der Waals surface area contributed by atoms with Crippen LogP contribution in [0, 0.1) is 17.8 Å². The summed E-state index contributed by atoms with van der Waals surface area (Å²) in [6.45, 7) is 0.799. The lowest BCUT2D eigenvalue weighted by Crippen LogP contribution is -2.24. The molecular weight excluding hydrogens is 188 g/mol. The second kappa shape index (κ2) is 3.89. The largest absolute Gasteiger partial charge is 0.370 e. The second-order valence-corrected chi connectivity index (χ2v) is 5.61. The first-order valence-electron chi connectivity index (χ1n) is 6.47. The minimum Gasteiger partial charge on any atom is -0.370 e. The first-order chi connectivity index (χ1) is 7.33. The Morgan fingerprint density at radius 3 is 2.73 bits per heavy atom. The molecule has 4 atom stereocenters. The second-order valence-electron chi connectivity index (χ2n) is 5.61. The van der Waals surface area contributed by atoms with Gasteiger partial charge in [0.05, 0.1) is 0 Å². The zero-order valence-corrected chi connectivity index (χ0v) is 9.28. The number of fused-ring (bicyclic) bond motifs is 2. The fourth-order valence-corrected chi connectivity index (χ4v) is 3.85. The van der Waals surface area contributed by atoms with E-state index in [4.69, 9.17) is 4.74 Å². The highest BCUT2D eigenvalue weighted by molar-refractivity contribution is 5.83. The van der Waals surface area contributed by atoms with Crippen molar-refractivity contribution in [2.45, 2.75) is 51.0 Å².